The lowest BCUT2D eigenvalue weighted by Crippen LogP contribution is -2.19. The molecule has 5 nitrogen and oxygen atoms in total. The van der Waals surface area contributed by atoms with Crippen LogP contribution in [0.3, 0.4) is 0 Å². The van der Waals surface area contributed by atoms with Crippen LogP contribution in [-0.4, -0.2) is 27.4 Å². The quantitative estimate of drug-likeness (QED) is 0.496. The monoisotopic (exact) mass is 383 g/mol. The fourth-order valence-corrected chi connectivity index (χ4v) is 4.14. The van der Waals surface area contributed by atoms with E-state index in [9.17, 15) is 4.79 Å². The molecular weight excluding hydrogens is 362 g/mol. The molecule has 5 rings (SSSR count). The van der Waals surface area contributed by atoms with Crippen LogP contribution in [0.25, 0.3) is 27.7 Å². The molecule has 1 fully saturated rings. The van der Waals surface area contributed by atoms with Crippen molar-refractivity contribution in [1.82, 2.24) is 14.2 Å². The number of ether oxygens (including phenoxy) is 1. The standard InChI is InChI=1S/C24H21N3O2/c1-3-16-5-4-6-18(13-16)19-7-8-20-22(14-19)27-23(26(2)24(20)28)15-21(25-27)17-9-11-29-12-10-17/h1,4-8,13-15,17H,9-12H2,2H3. The maximum absolute atomic E-state index is 13.0. The third-order valence-corrected chi connectivity index (χ3v) is 5.82. The minimum Gasteiger partial charge on any atom is -0.381 e. The lowest BCUT2D eigenvalue weighted by atomic mass is 9.97. The molecule has 0 unspecified atom stereocenters. The van der Waals surface area contributed by atoms with Crippen molar-refractivity contribution in [1.29, 1.82) is 0 Å². The van der Waals surface area contributed by atoms with Gasteiger partial charge in [0.15, 0.2) is 0 Å². The summed E-state index contributed by atoms with van der Waals surface area (Å²) in [7, 11) is 1.80. The van der Waals surface area contributed by atoms with Crippen LogP contribution in [0.15, 0.2) is 53.3 Å². The van der Waals surface area contributed by atoms with Gasteiger partial charge in [0.1, 0.15) is 5.65 Å². The first-order valence-corrected chi connectivity index (χ1v) is 9.83. The van der Waals surface area contributed by atoms with E-state index in [1.165, 1.54) is 0 Å². The van der Waals surface area contributed by atoms with Gasteiger partial charge >= 0.3 is 0 Å². The van der Waals surface area contributed by atoms with Gasteiger partial charge in [-0.15, -0.1) is 6.42 Å². The molecule has 0 spiro atoms. The Morgan fingerprint density at radius 1 is 1.10 bits per heavy atom. The fraction of sp³-hybridized carbons (Fsp3) is 0.250. The molecule has 0 amide bonds. The van der Waals surface area contributed by atoms with E-state index in [2.05, 4.69) is 5.92 Å². The highest BCUT2D eigenvalue weighted by Gasteiger charge is 2.21. The van der Waals surface area contributed by atoms with E-state index in [4.69, 9.17) is 16.3 Å². The normalized spacial score (nSPS) is 15.0. The summed E-state index contributed by atoms with van der Waals surface area (Å²) < 4.78 is 9.06. The van der Waals surface area contributed by atoms with Gasteiger partial charge in [0.05, 0.1) is 16.6 Å². The zero-order valence-electron chi connectivity index (χ0n) is 16.3. The van der Waals surface area contributed by atoms with Gasteiger partial charge in [-0.2, -0.15) is 5.10 Å². The first kappa shape index (κ1) is 17.7. The second kappa shape index (κ2) is 6.91. The van der Waals surface area contributed by atoms with Gasteiger partial charge in [-0.3, -0.25) is 9.36 Å². The molecule has 5 heteroatoms. The zero-order valence-corrected chi connectivity index (χ0v) is 16.3. The maximum Gasteiger partial charge on any atom is 0.261 e. The summed E-state index contributed by atoms with van der Waals surface area (Å²) in [4.78, 5) is 13.0. The minimum atomic E-state index is -0.0187. The van der Waals surface area contributed by atoms with Crippen LogP contribution in [0.5, 0.6) is 0 Å². The number of nitrogens with zero attached hydrogens (tertiary/aromatic N) is 3. The van der Waals surface area contributed by atoms with Gasteiger partial charge in [0.25, 0.3) is 5.56 Å². The second-order valence-electron chi connectivity index (χ2n) is 7.55. The average Bonchev–Trinajstić information content (AvgIpc) is 3.24. The molecule has 1 aliphatic heterocycles. The molecular formula is C24H21N3O2. The van der Waals surface area contributed by atoms with Crippen molar-refractivity contribution < 1.29 is 4.74 Å². The van der Waals surface area contributed by atoms with Gasteiger partial charge in [-0.25, -0.2) is 4.52 Å². The number of terminal acetylenes is 1. The van der Waals surface area contributed by atoms with Gasteiger partial charge in [-0.05, 0) is 48.2 Å². The third-order valence-electron chi connectivity index (χ3n) is 5.82. The number of rotatable bonds is 2. The lowest BCUT2D eigenvalue weighted by Gasteiger charge is -2.19. The molecule has 2 aromatic carbocycles. The molecule has 3 heterocycles. The molecule has 1 saturated heterocycles. The van der Waals surface area contributed by atoms with Crippen LogP contribution >= 0.6 is 0 Å². The summed E-state index contributed by atoms with van der Waals surface area (Å²) in [6, 6.07) is 15.8. The number of hydrogen-bond donors (Lipinski definition) is 0. The van der Waals surface area contributed by atoms with E-state index in [-0.39, 0.29) is 5.56 Å². The molecule has 0 radical (unpaired) electrons. The molecule has 1 aliphatic rings. The van der Waals surface area contributed by atoms with Gasteiger partial charge in [0.2, 0.25) is 0 Å². The maximum atomic E-state index is 13.0. The van der Waals surface area contributed by atoms with Crippen molar-refractivity contribution in [3.05, 3.63) is 70.1 Å². The summed E-state index contributed by atoms with van der Waals surface area (Å²) in [5.74, 6) is 3.04. The van der Waals surface area contributed by atoms with Crippen molar-refractivity contribution in [2.75, 3.05) is 13.2 Å². The first-order valence-electron chi connectivity index (χ1n) is 9.83. The molecule has 0 N–H and O–H groups in total. The Kier molecular flexibility index (Phi) is 4.22. The molecule has 4 aromatic rings. The van der Waals surface area contributed by atoms with Crippen LogP contribution in [0.1, 0.15) is 30.0 Å². The Morgan fingerprint density at radius 2 is 1.90 bits per heavy atom. The van der Waals surface area contributed by atoms with Crippen LogP contribution < -0.4 is 5.56 Å². The molecule has 0 atom stereocenters. The highest BCUT2D eigenvalue weighted by molar-refractivity contribution is 5.86. The summed E-state index contributed by atoms with van der Waals surface area (Å²) in [6.45, 7) is 1.52. The van der Waals surface area contributed by atoms with E-state index >= 15 is 0 Å². The Labute approximate surface area is 168 Å². The third kappa shape index (κ3) is 2.93. The number of fused-ring (bicyclic) bond motifs is 3. The van der Waals surface area contributed by atoms with Crippen molar-refractivity contribution in [3.8, 4) is 23.5 Å². The zero-order chi connectivity index (χ0) is 20.0. The van der Waals surface area contributed by atoms with Gasteiger partial charge in [0, 0.05) is 37.8 Å². The number of aryl methyl sites for hydroxylation is 1. The second-order valence-corrected chi connectivity index (χ2v) is 7.55. The van der Waals surface area contributed by atoms with Gasteiger partial charge < -0.3 is 4.74 Å². The summed E-state index contributed by atoms with van der Waals surface area (Å²) in [5, 5.41) is 5.56. The summed E-state index contributed by atoms with van der Waals surface area (Å²) in [6.07, 6.45) is 7.47. The van der Waals surface area contributed by atoms with E-state index in [1.807, 2.05) is 53.0 Å². The van der Waals surface area contributed by atoms with Crippen molar-refractivity contribution >= 4 is 16.6 Å². The highest BCUT2D eigenvalue weighted by Crippen LogP contribution is 2.29. The first-order chi connectivity index (χ1) is 14.2. The summed E-state index contributed by atoms with van der Waals surface area (Å²) >= 11 is 0. The molecule has 0 bridgehead atoms. The topological polar surface area (TPSA) is 48.5 Å². The van der Waals surface area contributed by atoms with E-state index < -0.39 is 0 Å². The smallest absolute Gasteiger partial charge is 0.261 e. The van der Waals surface area contributed by atoms with Crippen LogP contribution in [0, 0.1) is 12.3 Å². The predicted molar refractivity (Wildman–Crippen MR) is 114 cm³/mol. The van der Waals surface area contributed by atoms with E-state index in [0.717, 1.165) is 59.6 Å². The Bertz CT molecular complexity index is 1330. The van der Waals surface area contributed by atoms with Crippen molar-refractivity contribution in [2.45, 2.75) is 18.8 Å². The Balaban J connectivity index is 1.74. The van der Waals surface area contributed by atoms with E-state index in [1.54, 1.807) is 11.6 Å². The fourth-order valence-electron chi connectivity index (χ4n) is 4.14. The van der Waals surface area contributed by atoms with Crippen LogP contribution in [0.2, 0.25) is 0 Å². The minimum absolute atomic E-state index is 0.0187. The van der Waals surface area contributed by atoms with Crippen molar-refractivity contribution in [2.24, 2.45) is 7.05 Å². The van der Waals surface area contributed by atoms with Gasteiger partial charge in [-0.1, -0.05) is 24.1 Å². The summed E-state index contributed by atoms with van der Waals surface area (Å²) in [5.41, 5.74) is 5.48. The Hall–Kier alpha value is -3.36. The number of hydrogen-bond acceptors (Lipinski definition) is 3. The number of aromatic nitrogens is 3. The van der Waals surface area contributed by atoms with Crippen molar-refractivity contribution in [3.63, 3.8) is 0 Å². The molecule has 0 aliphatic carbocycles. The largest absolute Gasteiger partial charge is 0.381 e. The van der Waals surface area contributed by atoms with Crippen LogP contribution in [0.4, 0.5) is 0 Å². The Morgan fingerprint density at radius 3 is 2.69 bits per heavy atom. The van der Waals surface area contributed by atoms with E-state index in [0.29, 0.717) is 11.3 Å². The molecule has 2 aromatic heterocycles. The molecule has 29 heavy (non-hydrogen) atoms. The number of benzene rings is 2. The highest BCUT2D eigenvalue weighted by atomic mass is 16.5. The average molecular weight is 383 g/mol. The predicted octanol–water partition coefficient (Wildman–Crippen LogP) is 3.73. The van der Waals surface area contributed by atoms with Crippen LogP contribution in [-0.2, 0) is 11.8 Å². The molecule has 144 valence electrons. The lowest BCUT2D eigenvalue weighted by molar-refractivity contribution is 0.0844. The molecule has 0 saturated carbocycles. The SMILES string of the molecule is C#Cc1cccc(-c2ccc3c(=O)n(C)c4cc(C5CCOCC5)nn4c3c2)c1.